The predicted molar refractivity (Wildman–Crippen MR) is 107 cm³/mol. The Hall–Kier alpha value is -2.50. The fourth-order valence-corrected chi connectivity index (χ4v) is 2.66. The van der Waals surface area contributed by atoms with Crippen LogP contribution in [0.1, 0.15) is 22.3 Å². The van der Waals surface area contributed by atoms with Crippen LogP contribution < -0.4 is 4.74 Å². The van der Waals surface area contributed by atoms with Gasteiger partial charge in [0.05, 0.1) is 7.11 Å². The lowest BCUT2D eigenvalue weighted by Crippen LogP contribution is -2.19. The Kier molecular flexibility index (Phi) is 7.70. The number of halogens is 2. The first-order chi connectivity index (χ1) is 13.0. The molecule has 0 radical (unpaired) electrons. The third-order valence-electron chi connectivity index (χ3n) is 3.70. The molecule has 0 heterocycles. The lowest BCUT2D eigenvalue weighted by Gasteiger charge is -2.13. The molecule has 27 heavy (non-hydrogen) atoms. The first-order valence-electron chi connectivity index (χ1n) is 8.00. The molecule has 0 amide bonds. The van der Waals surface area contributed by atoms with Gasteiger partial charge in [0.15, 0.2) is 5.71 Å². The normalized spacial score (nSPS) is 10.9. The van der Waals surface area contributed by atoms with E-state index in [4.69, 9.17) is 37.5 Å². The molecule has 0 saturated carbocycles. The summed E-state index contributed by atoms with van der Waals surface area (Å²) < 4.78 is 10.9. The van der Waals surface area contributed by atoms with E-state index in [9.17, 15) is 4.79 Å². The minimum Gasteiger partial charge on any atom is -0.489 e. The van der Waals surface area contributed by atoms with Crippen LogP contribution in [0.5, 0.6) is 5.75 Å². The summed E-state index contributed by atoms with van der Waals surface area (Å²) in [6, 6.07) is 12.9. The molecule has 0 bridgehead atoms. The number of hydrogen-bond donors (Lipinski definition) is 0. The summed E-state index contributed by atoms with van der Waals surface area (Å²) in [6.07, 6.45) is 1.63. The average Bonchev–Trinajstić information content (AvgIpc) is 2.66. The van der Waals surface area contributed by atoms with E-state index in [0.717, 1.165) is 16.7 Å². The molecule has 7 heteroatoms. The number of hydrogen-bond acceptors (Lipinski definition) is 5. The van der Waals surface area contributed by atoms with Gasteiger partial charge in [-0.2, -0.15) is 0 Å². The molecule has 0 fully saturated rings. The summed E-state index contributed by atoms with van der Waals surface area (Å²) in [6.45, 7) is 2.15. The number of rotatable bonds is 7. The van der Waals surface area contributed by atoms with Crippen molar-refractivity contribution in [2.24, 2.45) is 5.16 Å². The van der Waals surface area contributed by atoms with Crippen molar-refractivity contribution in [1.82, 2.24) is 0 Å². The molecule has 2 aromatic rings. The van der Waals surface area contributed by atoms with Gasteiger partial charge in [-0.15, -0.1) is 0 Å². The number of carbonyl (C=O) groups is 1. The van der Waals surface area contributed by atoms with Crippen molar-refractivity contribution in [3.63, 3.8) is 0 Å². The second kappa shape index (κ2) is 10.00. The van der Waals surface area contributed by atoms with Crippen molar-refractivity contribution in [2.75, 3.05) is 14.2 Å². The molecule has 2 rings (SSSR count). The zero-order chi connectivity index (χ0) is 19.8. The number of aryl methyl sites for hydroxylation is 1. The molecule has 0 aliphatic rings. The van der Waals surface area contributed by atoms with Crippen LogP contribution in [0.2, 0.25) is 0 Å². The molecule has 0 aliphatic carbocycles. The molecule has 0 aliphatic heterocycles. The van der Waals surface area contributed by atoms with Crippen LogP contribution in [-0.2, 0) is 21.0 Å². The highest BCUT2D eigenvalue weighted by Crippen LogP contribution is 2.24. The predicted octanol–water partition coefficient (Wildman–Crippen LogP) is 4.87. The Balaban J connectivity index is 2.31. The van der Waals surface area contributed by atoms with Gasteiger partial charge in [0.2, 0.25) is 0 Å². The van der Waals surface area contributed by atoms with Crippen LogP contribution in [0, 0.1) is 6.92 Å². The number of oxime groups is 1. The summed E-state index contributed by atoms with van der Waals surface area (Å²) >= 11 is 11.4. The lowest BCUT2D eigenvalue weighted by atomic mass is 10.0. The van der Waals surface area contributed by atoms with E-state index >= 15 is 0 Å². The highest BCUT2D eigenvalue weighted by Gasteiger charge is 2.19. The van der Waals surface area contributed by atoms with E-state index < -0.39 is 5.97 Å². The zero-order valence-electron chi connectivity index (χ0n) is 15.2. The SMILES string of the molecule is CO/N=C(/C(=O)OC)c1ccccc1COc1cc(C=C(Cl)Cl)ccc1C. The third kappa shape index (κ3) is 5.74. The Labute approximate surface area is 168 Å². The smallest absolute Gasteiger partial charge is 0.360 e. The van der Waals surface area contributed by atoms with Crippen LogP contribution in [0.15, 0.2) is 52.1 Å². The van der Waals surface area contributed by atoms with Gasteiger partial charge in [0.1, 0.15) is 24.0 Å². The Morgan fingerprint density at radius 2 is 1.89 bits per heavy atom. The van der Waals surface area contributed by atoms with Gasteiger partial charge >= 0.3 is 5.97 Å². The largest absolute Gasteiger partial charge is 0.489 e. The second-order valence-electron chi connectivity index (χ2n) is 5.52. The molecular formula is C20H19Cl2NO4. The van der Waals surface area contributed by atoms with Gasteiger partial charge in [-0.05, 0) is 35.8 Å². The van der Waals surface area contributed by atoms with Crippen molar-refractivity contribution in [3.05, 3.63) is 69.2 Å². The first kappa shape index (κ1) is 20.8. The Bertz CT molecular complexity index is 874. The summed E-state index contributed by atoms with van der Waals surface area (Å²) in [5.74, 6) is 0.0841. The fourth-order valence-electron chi connectivity index (χ4n) is 2.40. The molecule has 0 aromatic heterocycles. The number of carbonyl (C=O) groups excluding carboxylic acids is 1. The van der Waals surface area contributed by atoms with E-state index in [-0.39, 0.29) is 16.8 Å². The van der Waals surface area contributed by atoms with E-state index in [1.165, 1.54) is 14.2 Å². The summed E-state index contributed by atoms with van der Waals surface area (Å²) in [7, 11) is 2.66. The maximum atomic E-state index is 12.0. The maximum Gasteiger partial charge on any atom is 0.360 e. The standard InChI is InChI=1S/C20H19Cl2NO4/c1-13-8-9-14(11-18(21)22)10-17(13)27-12-15-6-4-5-7-16(15)19(23-26-3)20(24)25-2/h4-11H,12H2,1-3H3/b23-19+. The summed E-state index contributed by atoms with van der Waals surface area (Å²) in [5, 5.41) is 3.79. The minimum absolute atomic E-state index is 0.0709. The molecule has 0 unspecified atom stereocenters. The molecule has 5 nitrogen and oxygen atoms in total. The van der Waals surface area contributed by atoms with Crippen LogP contribution in [-0.4, -0.2) is 25.9 Å². The van der Waals surface area contributed by atoms with Crippen molar-refractivity contribution in [3.8, 4) is 5.75 Å². The van der Waals surface area contributed by atoms with Gasteiger partial charge in [-0.3, -0.25) is 0 Å². The fraction of sp³-hybridized carbons (Fsp3) is 0.200. The van der Waals surface area contributed by atoms with E-state index in [1.54, 1.807) is 18.2 Å². The highest BCUT2D eigenvalue weighted by atomic mass is 35.5. The van der Waals surface area contributed by atoms with E-state index in [2.05, 4.69) is 5.16 Å². The quantitative estimate of drug-likeness (QED) is 0.373. The average molecular weight is 408 g/mol. The van der Waals surface area contributed by atoms with Gasteiger partial charge in [0.25, 0.3) is 0 Å². The van der Waals surface area contributed by atoms with Crippen molar-refractivity contribution < 1.29 is 19.1 Å². The van der Waals surface area contributed by atoms with Gasteiger partial charge in [-0.25, -0.2) is 4.79 Å². The lowest BCUT2D eigenvalue weighted by molar-refractivity contribution is -0.132. The van der Waals surface area contributed by atoms with E-state index in [0.29, 0.717) is 11.3 Å². The number of benzene rings is 2. The number of esters is 1. The zero-order valence-corrected chi connectivity index (χ0v) is 16.7. The van der Waals surface area contributed by atoms with Gasteiger partial charge in [-0.1, -0.05) is 64.8 Å². The van der Waals surface area contributed by atoms with Crippen LogP contribution in [0.4, 0.5) is 0 Å². The highest BCUT2D eigenvalue weighted by molar-refractivity contribution is 6.57. The third-order valence-corrected chi connectivity index (χ3v) is 3.92. The summed E-state index contributed by atoms with van der Waals surface area (Å²) in [5.41, 5.74) is 3.17. The van der Waals surface area contributed by atoms with Crippen molar-refractivity contribution in [1.29, 1.82) is 0 Å². The van der Waals surface area contributed by atoms with Crippen LogP contribution >= 0.6 is 23.2 Å². The van der Waals surface area contributed by atoms with Crippen LogP contribution in [0.25, 0.3) is 6.08 Å². The monoisotopic (exact) mass is 407 g/mol. The molecule has 0 spiro atoms. The maximum absolute atomic E-state index is 12.0. The van der Waals surface area contributed by atoms with Crippen LogP contribution in [0.3, 0.4) is 0 Å². The Morgan fingerprint density at radius 1 is 1.15 bits per heavy atom. The molecule has 0 atom stereocenters. The Morgan fingerprint density at radius 3 is 2.56 bits per heavy atom. The second-order valence-corrected chi connectivity index (χ2v) is 6.53. The van der Waals surface area contributed by atoms with Crippen molar-refractivity contribution in [2.45, 2.75) is 13.5 Å². The number of nitrogens with zero attached hydrogens (tertiary/aromatic N) is 1. The number of methoxy groups -OCH3 is 1. The molecule has 142 valence electrons. The first-order valence-corrected chi connectivity index (χ1v) is 8.75. The summed E-state index contributed by atoms with van der Waals surface area (Å²) in [4.78, 5) is 16.8. The van der Waals surface area contributed by atoms with Gasteiger partial charge in [0, 0.05) is 5.56 Å². The number of ether oxygens (including phenoxy) is 2. The topological polar surface area (TPSA) is 57.1 Å². The van der Waals surface area contributed by atoms with Gasteiger partial charge < -0.3 is 14.3 Å². The minimum atomic E-state index is -0.593. The molecular weight excluding hydrogens is 389 g/mol. The van der Waals surface area contributed by atoms with E-state index in [1.807, 2.05) is 37.3 Å². The van der Waals surface area contributed by atoms with Crippen molar-refractivity contribution >= 4 is 41.0 Å². The molecule has 0 saturated heterocycles. The molecule has 0 N–H and O–H groups in total. The molecule has 2 aromatic carbocycles.